The van der Waals surface area contributed by atoms with E-state index in [1.165, 1.54) is 22.3 Å². The monoisotopic (exact) mass is 369 g/mol. The van der Waals surface area contributed by atoms with Crippen molar-refractivity contribution < 1.29 is 17.2 Å². The molecule has 0 bridgehead atoms. The minimum Gasteiger partial charge on any atom is -0.266 e. The SMILES string of the molecule is NS(=O)(=O)c1c(F)cc(-c2csc(=O)n2-c2cccnc2)cc1F. The van der Waals surface area contributed by atoms with Crippen LogP contribution >= 0.6 is 11.3 Å². The molecule has 0 spiro atoms. The first-order valence-electron chi connectivity index (χ1n) is 6.42. The third kappa shape index (κ3) is 2.86. The van der Waals surface area contributed by atoms with Gasteiger partial charge in [-0.25, -0.2) is 22.3 Å². The van der Waals surface area contributed by atoms with E-state index in [1.54, 1.807) is 12.1 Å². The molecule has 124 valence electrons. The molecule has 1 aromatic carbocycles. The Morgan fingerprint density at radius 3 is 2.42 bits per heavy atom. The number of rotatable bonds is 3. The van der Waals surface area contributed by atoms with Gasteiger partial charge in [0.25, 0.3) is 0 Å². The Morgan fingerprint density at radius 1 is 1.21 bits per heavy atom. The van der Waals surface area contributed by atoms with Crippen molar-refractivity contribution in [1.82, 2.24) is 9.55 Å². The smallest absolute Gasteiger partial charge is 0.266 e. The number of benzene rings is 1. The van der Waals surface area contributed by atoms with Crippen LogP contribution in [-0.4, -0.2) is 18.0 Å². The lowest BCUT2D eigenvalue weighted by atomic mass is 10.1. The van der Waals surface area contributed by atoms with Crippen LogP contribution in [0.2, 0.25) is 0 Å². The van der Waals surface area contributed by atoms with Crippen LogP contribution in [0.5, 0.6) is 0 Å². The van der Waals surface area contributed by atoms with Crippen LogP contribution in [0.15, 0.2) is 51.7 Å². The molecule has 10 heteroatoms. The van der Waals surface area contributed by atoms with Crippen molar-refractivity contribution in [3.63, 3.8) is 0 Å². The lowest BCUT2D eigenvalue weighted by molar-refractivity contribution is 0.520. The van der Waals surface area contributed by atoms with Gasteiger partial charge in [-0.2, -0.15) is 0 Å². The molecule has 2 N–H and O–H groups in total. The summed E-state index contributed by atoms with van der Waals surface area (Å²) < 4.78 is 51.8. The van der Waals surface area contributed by atoms with Gasteiger partial charge in [0.05, 0.1) is 17.6 Å². The Balaban J connectivity index is 2.25. The molecule has 2 heterocycles. The number of sulfonamides is 1. The molecule has 0 radical (unpaired) electrons. The van der Waals surface area contributed by atoms with Gasteiger partial charge in [-0.05, 0) is 24.3 Å². The van der Waals surface area contributed by atoms with Crippen molar-refractivity contribution in [2.75, 3.05) is 0 Å². The number of aromatic nitrogens is 2. The van der Waals surface area contributed by atoms with Crippen LogP contribution in [-0.2, 0) is 10.0 Å². The first kappa shape index (κ1) is 16.4. The van der Waals surface area contributed by atoms with Gasteiger partial charge in [0.2, 0.25) is 10.0 Å². The van der Waals surface area contributed by atoms with E-state index in [1.807, 2.05) is 0 Å². The predicted octanol–water partition coefficient (Wildman–Crippen LogP) is 1.89. The van der Waals surface area contributed by atoms with Crippen LogP contribution in [0.25, 0.3) is 16.9 Å². The summed E-state index contributed by atoms with van der Waals surface area (Å²) in [5.74, 6) is -2.66. The van der Waals surface area contributed by atoms with Gasteiger partial charge >= 0.3 is 4.87 Å². The van der Waals surface area contributed by atoms with E-state index in [9.17, 15) is 22.0 Å². The number of halogens is 2. The summed E-state index contributed by atoms with van der Waals surface area (Å²) in [5, 5.41) is 6.22. The maximum Gasteiger partial charge on any atom is 0.312 e. The van der Waals surface area contributed by atoms with Gasteiger partial charge < -0.3 is 0 Å². The molecule has 0 aliphatic heterocycles. The summed E-state index contributed by atoms with van der Waals surface area (Å²) >= 11 is 0.834. The van der Waals surface area contributed by atoms with Crippen molar-refractivity contribution >= 4 is 21.4 Å². The molecular formula is C14H9F2N3O3S2. The highest BCUT2D eigenvalue weighted by Crippen LogP contribution is 2.28. The molecule has 0 saturated carbocycles. The summed E-state index contributed by atoms with van der Waals surface area (Å²) in [4.78, 5) is 14.4. The second-order valence-corrected chi connectivity index (χ2v) is 7.07. The molecule has 24 heavy (non-hydrogen) atoms. The van der Waals surface area contributed by atoms with E-state index in [4.69, 9.17) is 5.14 Å². The zero-order chi connectivity index (χ0) is 17.5. The van der Waals surface area contributed by atoms with E-state index in [0.29, 0.717) is 5.69 Å². The van der Waals surface area contributed by atoms with E-state index < -0.39 is 26.6 Å². The quantitative estimate of drug-likeness (QED) is 0.763. The second kappa shape index (κ2) is 5.89. The number of thiazole rings is 1. The van der Waals surface area contributed by atoms with Gasteiger partial charge in [-0.15, -0.1) is 0 Å². The Labute approximate surface area is 138 Å². The van der Waals surface area contributed by atoms with Crippen molar-refractivity contribution in [3.8, 4) is 16.9 Å². The molecule has 0 unspecified atom stereocenters. The fraction of sp³-hybridized carbons (Fsp3) is 0. The van der Waals surface area contributed by atoms with Crippen LogP contribution in [0.1, 0.15) is 0 Å². The van der Waals surface area contributed by atoms with E-state index in [0.717, 1.165) is 23.5 Å². The van der Waals surface area contributed by atoms with E-state index in [2.05, 4.69) is 4.98 Å². The second-order valence-electron chi connectivity index (χ2n) is 4.75. The average molecular weight is 369 g/mol. The van der Waals surface area contributed by atoms with Gasteiger partial charge in [0.1, 0.15) is 11.6 Å². The largest absolute Gasteiger partial charge is 0.312 e. The van der Waals surface area contributed by atoms with Crippen LogP contribution in [0.3, 0.4) is 0 Å². The Morgan fingerprint density at radius 2 is 1.88 bits per heavy atom. The lowest BCUT2D eigenvalue weighted by Crippen LogP contribution is -2.17. The van der Waals surface area contributed by atoms with Gasteiger partial charge in [0.15, 0.2) is 4.90 Å². The first-order valence-corrected chi connectivity index (χ1v) is 8.85. The lowest BCUT2D eigenvalue weighted by Gasteiger charge is -2.09. The van der Waals surface area contributed by atoms with E-state index >= 15 is 0 Å². The standard InChI is InChI=1S/C14H9F2N3O3S2/c15-10-4-8(5-11(16)13(10)24(17,21)22)12-7-23-14(20)19(12)9-2-1-3-18-6-9/h1-7H,(H2,17,21,22). The topological polar surface area (TPSA) is 95.0 Å². The van der Waals surface area contributed by atoms with Crippen molar-refractivity contribution in [2.24, 2.45) is 5.14 Å². The molecule has 0 saturated heterocycles. The molecule has 0 amide bonds. The highest BCUT2D eigenvalue weighted by molar-refractivity contribution is 7.89. The Hall–Kier alpha value is -2.43. The number of pyridine rings is 1. The Bertz CT molecular complexity index is 1050. The summed E-state index contributed by atoms with van der Waals surface area (Å²) in [5.41, 5.74) is 0.617. The molecular weight excluding hydrogens is 360 g/mol. The third-order valence-corrected chi connectivity index (χ3v) is 4.86. The summed E-state index contributed by atoms with van der Waals surface area (Å²) in [7, 11) is -4.55. The zero-order valence-corrected chi connectivity index (χ0v) is 13.4. The van der Waals surface area contributed by atoms with Gasteiger partial charge in [-0.1, -0.05) is 11.3 Å². The number of primary sulfonamides is 1. The molecule has 0 fully saturated rings. The van der Waals surface area contributed by atoms with Crippen LogP contribution < -0.4 is 10.0 Å². The molecule has 0 atom stereocenters. The minimum atomic E-state index is -4.55. The number of hydrogen-bond acceptors (Lipinski definition) is 5. The van der Waals surface area contributed by atoms with Crippen LogP contribution in [0, 0.1) is 11.6 Å². The van der Waals surface area contributed by atoms with Crippen molar-refractivity contribution in [2.45, 2.75) is 4.90 Å². The summed E-state index contributed by atoms with van der Waals surface area (Å²) in [6.07, 6.45) is 2.93. The normalized spacial score (nSPS) is 11.6. The fourth-order valence-corrected chi connectivity index (χ4v) is 3.64. The maximum atomic E-state index is 14.0. The highest BCUT2D eigenvalue weighted by atomic mass is 32.2. The van der Waals surface area contributed by atoms with Gasteiger partial charge in [-0.3, -0.25) is 14.3 Å². The van der Waals surface area contributed by atoms with E-state index in [-0.39, 0.29) is 16.1 Å². The van der Waals surface area contributed by atoms with Crippen LogP contribution in [0.4, 0.5) is 8.78 Å². The average Bonchev–Trinajstić information content (AvgIpc) is 2.87. The molecule has 3 rings (SSSR count). The number of nitrogens with two attached hydrogens (primary N) is 1. The molecule has 6 nitrogen and oxygen atoms in total. The molecule has 3 aromatic rings. The first-order chi connectivity index (χ1) is 11.3. The number of hydrogen-bond donors (Lipinski definition) is 1. The molecule has 2 aromatic heterocycles. The van der Waals surface area contributed by atoms with Gasteiger partial charge in [0, 0.05) is 17.1 Å². The predicted molar refractivity (Wildman–Crippen MR) is 84.4 cm³/mol. The zero-order valence-electron chi connectivity index (χ0n) is 11.8. The summed E-state index contributed by atoms with van der Waals surface area (Å²) in [6.45, 7) is 0. The van der Waals surface area contributed by atoms with Crippen molar-refractivity contribution in [1.29, 1.82) is 0 Å². The highest BCUT2D eigenvalue weighted by Gasteiger charge is 2.23. The number of nitrogens with zero attached hydrogens (tertiary/aromatic N) is 2. The summed E-state index contributed by atoms with van der Waals surface area (Å²) in [6, 6.07) is 4.85. The maximum absolute atomic E-state index is 14.0. The fourth-order valence-electron chi connectivity index (χ4n) is 2.22. The third-order valence-electron chi connectivity index (χ3n) is 3.18. The molecule has 0 aliphatic carbocycles. The minimum absolute atomic E-state index is 0.000368. The molecule has 0 aliphatic rings. The van der Waals surface area contributed by atoms with Crippen molar-refractivity contribution in [3.05, 3.63) is 63.3 Å². The Kier molecular flexibility index (Phi) is 4.03.